The second kappa shape index (κ2) is 8.65. The Morgan fingerprint density at radius 2 is 1.79 bits per heavy atom. The highest BCUT2D eigenvalue weighted by atomic mass is 35.5. The van der Waals surface area contributed by atoms with Crippen molar-refractivity contribution in [1.82, 2.24) is 9.80 Å². The maximum Gasteiger partial charge on any atom is 0.222 e. The van der Waals surface area contributed by atoms with Gasteiger partial charge in [-0.3, -0.25) is 9.69 Å². The monoisotopic (exact) mass is 362 g/mol. The Morgan fingerprint density at radius 3 is 2.46 bits per heavy atom. The fourth-order valence-electron chi connectivity index (χ4n) is 3.06. The van der Waals surface area contributed by atoms with E-state index in [0.717, 1.165) is 49.9 Å². The Balaban J connectivity index is 1.37. The molecular formula is C19H23ClN2OS. The predicted octanol–water partition coefficient (Wildman–Crippen LogP) is 4.07. The van der Waals surface area contributed by atoms with Crippen LogP contribution in [0, 0.1) is 0 Å². The summed E-state index contributed by atoms with van der Waals surface area (Å²) in [7, 11) is 0. The standard InChI is InChI=1S/C19H23ClN2OS/c20-18-10-9-17(24-18)15-21-11-13-22(14-12-21)19(23)8-4-7-16-5-2-1-3-6-16/h1-3,5-6,9-10H,4,7-8,11-15H2. The van der Waals surface area contributed by atoms with Crippen LogP contribution in [0.3, 0.4) is 0 Å². The molecule has 0 radical (unpaired) electrons. The molecule has 5 heteroatoms. The summed E-state index contributed by atoms with van der Waals surface area (Å²) in [6.07, 6.45) is 2.55. The van der Waals surface area contributed by atoms with Gasteiger partial charge in [-0.25, -0.2) is 0 Å². The SMILES string of the molecule is O=C(CCCc1ccccc1)N1CCN(Cc2ccc(Cl)s2)CC1. The van der Waals surface area contributed by atoms with Gasteiger partial charge in [0.15, 0.2) is 0 Å². The van der Waals surface area contributed by atoms with Crippen molar-refractivity contribution in [2.45, 2.75) is 25.8 Å². The second-order valence-electron chi connectivity index (χ2n) is 6.20. The number of carbonyl (C=O) groups is 1. The number of hydrogen-bond acceptors (Lipinski definition) is 3. The highest BCUT2D eigenvalue weighted by Crippen LogP contribution is 2.23. The number of thiophene rings is 1. The molecule has 1 aliphatic rings. The van der Waals surface area contributed by atoms with E-state index in [-0.39, 0.29) is 0 Å². The van der Waals surface area contributed by atoms with Crippen molar-refractivity contribution in [1.29, 1.82) is 0 Å². The van der Waals surface area contributed by atoms with Crippen molar-refractivity contribution in [2.24, 2.45) is 0 Å². The molecule has 3 nitrogen and oxygen atoms in total. The number of benzene rings is 1. The van der Waals surface area contributed by atoms with E-state index in [4.69, 9.17) is 11.6 Å². The first-order valence-electron chi connectivity index (χ1n) is 8.49. The molecule has 0 saturated carbocycles. The van der Waals surface area contributed by atoms with Crippen LogP contribution in [-0.4, -0.2) is 41.9 Å². The lowest BCUT2D eigenvalue weighted by molar-refractivity contribution is -0.133. The van der Waals surface area contributed by atoms with E-state index in [0.29, 0.717) is 12.3 Å². The molecule has 1 fully saturated rings. The number of amides is 1. The van der Waals surface area contributed by atoms with Crippen LogP contribution in [0.15, 0.2) is 42.5 Å². The minimum atomic E-state index is 0.296. The second-order valence-corrected chi connectivity index (χ2v) is 8.00. The Bertz CT molecular complexity index is 650. The number of rotatable bonds is 6. The van der Waals surface area contributed by atoms with Crippen LogP contribution >= 0.6 is 22.9 Å². The van der Waals surface area contributed by atoms with Gasteiger partial charge in [0.05, 0.1) is 4.34 Å². The molecule has 1 aliphatic heterocycles. The molecule has 2 heterocycles. The highest BCUT2D eigenvalue weighted by molar-refractivity contribution is 7.16. The molecule has 1 saturated heterocycles. The van der Waals surface area contributed by atoms with Gasteiger partial charge >= 0.3 is 0 Å². The summed E-state index contributed by atoms with van der Waals surface area (Å²) in [6.45, 7) is 4.50. The van der Waals surface area contributed by atoms with Crippen molar-refractivity contribution >= 4 is 28.8 Å². The maximum atomic E-state index is 12.3. The number of hydrogen-bond donors (Lipinski definition) is 0. The first-order valence-corrected chi connectivity index (χ1v) is 9.68. The van der Waals surface area contributed by atoms with E-state index >= 15 is 0 Å². The molecule has 1 amide bonds. The van der Waals surface area contributed by atoms with Crippen molar-refractivity contribution < 1.29 is 4.79 Å². The number of halogens is 1. The molecule has 0 N–H and O–H groups in total. The van der Waals surface area contributed by atoms with Crippen LogP contribution in [0.4, 0.5) is 0 Å². The molecule has 0 atom stereocenters. The summed E-state index contributed by atoms with van der Waals surface area (Å²) < 4.78 is 0.845. The van der Waals surface area contributed by atoms with E-state index in [2.05, 4.69) is 35.2 Å². The maximum absolute atomic E-state index is 12.3. The molecular weight excluding hydrogens is 340 g/mol. The summed E-state index contributed by atoms with van der Waals surface area (Å²) in [5.74, 6) is 0.296. The summed E-state index contributed by atoms with van der Waals surface area (Å²) in [5, 5.41) is 0. The van der Waals surface area contributed by atoms with E-state index in [1.807, 2.05) is 17.0 Å². The minimum absolute atomic E-state index is 0.296. The van der Waals surface area contributed by atoms with Crippen LogP contribution in [0.1, 0.15) is 23.3 Å². The van der Waals surface area contributed by atoms with Gasteiger partial charge < -0.3 is 4.90 Å². The highest BCUT2D eigenvalue weighted by Gasteiger charge is 2.21. The number of carbonyl (C=O) groups excluding carboxylic acids is 1. The van der Waals surface area contributed by atoms with Gasteiger partial charge in [0, 0.05) is 44.0 Å². The Morgan fingerprint density at radius 1 is 1.04 bits per heavy atom. The first-order chi connectivity index (χ1) is 11.7. The van der Waals surface area contributed by atoms with Crippen molar-refractivity contribution in [3.05, 3.63) is 57.2 Å². The third-order valence-electron chi connectivity index (χ3n) is 4.43. The smallest absolute Gasteiger partial charge is 0.222 e. The summed E-state index contributed by atoms with van der Waals surface area (Å²) in [5.41, 5.74) is 1.31. The van der Waals surface area contributed by atoms with E-state index in [9.17, 15) is 4.79 Å². The van der Waals surface area contributed by atoms with E-state index in [1.165, 1.54) is 10.4 Å². The molecule has 0 unspecified atom stereocenters. The van der Waals surface area contributed by atoms with Gasteiger partial charge in [0.1, 0.15) is 0 Å². The summed E-state index contributed by atoms with van der Waals surface area (Å²) in [6, 6.07) is 14.4. The molecule has 0 spiro atoms. The van der Waals surface area contributed by atoms with Crippen molar-refractivity contribution in [3.63, 3.8) is 0 Å². The average Bonchev–Trinajstić information content (AvgIpc) is 3.01. The summed E-state index contributed by atoms with van der Waals surface area (Å²) >= 11 is 7.62. The Hall–Kier alpha value is -1.36. The van der Waals surface area contributed by atoms with Gasteiger partial charge in [0.25, 0.3) is 0 Å². The quantitative estimate of drug-likeness (QED) is 0.773. The first kappa shape index (κ1) is 17.5. The summed E-state index contributed by atoms with van der Waals surface area (Å²) in [4.78, 5) is 18.1. The number of aryl methyl sites for hydroxylation is 1. The van der Waals surface area contributed by atoms with Gasteiger partial charge in [-0.05, 0) is 30.5 Å². The zero-order valence-electron chi connectivity index (χ0n) is 13.8. The third-order valence-corrected chi connectivity index (χ3v) is 5.65. The Kier molecular flexibility index (Phi) is 6.30. The lowest BCUT2D eigenvalue weighted by Crippen LogP contribution is -2.48. The minimum Gasteiger partial charge on any atom is -0.340 e. The largest absolute Gasteiger partial charge is 0.340 e. The fraction of sp³-hybridized carbons (Fsp3) is 0.421. The van der Waals surface area contributed by atoms with Crippen LogP contribution < -0.4 is 0 Å². The van der Waals surface area contributed by atoms with Gasteiger partial charge in [-0.2, -0.15) is 0 Å². The topological polar surface area (TPSA) is 23.6 Å². The van der Waals surface area contributed by atoms with Gasteiger partial charge in [0.2, 0.25) is 5.91 Å². The van der Waals surface area contributed by atoms with Crippen LogP contribution in [0.2, 0.25) is 4.34 Å². The van der Waals surface area contributed by atoms with Crippen LogP contribution in [0.5, 0.6) is 0 Å². The Labute approximate surface area is 152 Å². The lowest BCUT2D eigenvalue weighted by Gasteiger charge is -2.34. The lowest BCUT2D eigenvalue weighted by atomic mass is 10.1. The van der Waals surface area contributed by atoms with Crippen molar-refractivity contribution in [3.8, 4) is 0 Å². The fourth-order valence-corrected chi connectivity index (χ4v) is 4.19. The third kappa shape index (κ3) is 5.07. The van der Waals surface area contributed by atoms with Crippen LogP contribution in [-0.2, 0) is 17.8 Å². The molecule has 1 aromatic carbocycles. The molecule has 1 aromatic heterocycles. The molecule has 0 bridgehead atoms. The molecule has 0 aliphatic carbocycles. The van der Waals surface area contributed by atoms with E-state index in [1.54, 1.807) is 11.3 Å². The molecule has 2 aromatic rings. The number of nitrogens with zero attached hydrogens (tertiary/aromatic N) is 2. The van der Waals surface area contributed by atoms with Gasteiger partial charge in [-0.1, -0.05) is 41.9 Å². The van der Waals surface area contributed by atoms with Gasteiger partial charge in [-0.15, -0.1) is 11.3 Å². The van der Waals surface area contributed by atoms with Crippen LogP contribution in [0.25, 0.3) is 0 Å². The normalized spacial score (nSPS) is 15.6. The molecule has 128 valence electrons. The molecule has 3 rings (SSSR count). The number of piperazine rings is 1. The zero-order valence-corrected chi connectivity index (χ0v) is 15.4. The zero-order chi connectivity index (χ0) is 16.8. The average molecular weight is 363 g/mol. The molecule has 24 heavy (non-hydrogen) atoms. The van der Waals surface area contributed by atoms with E-state index < -0.39 is 0 Å². The van der Waals surface area contributed by atoms with Crippen molar-refractivity contribution in [2.75, 3.05) is 26.2 Å². The predicted molar refractivity (Wildman–Crippen MR) is 101 cm³/mol.